The van der Waals surface area contributed by atoms with Gasteiger partial charge in [0.15, 0.2) is 0 Å². The molecule has 28 heavy (non-hydrogen) atoms. The van der Waals surface area contributed by atoms with Gasteiger partial charge in [0.1, 0.15) is 5.00 Å². The van der Waals surface area contributed by atoms with Crippen molar-refractivity contribution in [1.82, 2.24) is 10.2 Å². The average Bonchev–Trinajstić information content (AvgIpc) is 3.38. The first kappa shape index (κ1) is 19.2. The minimum Gasteiger partial charge on any atom is -0.410 e. The van der Waals surface area contributed by atoms with Gasteiger partial charge in [0.25, 0.3) is 17.0 Å². The van der Waals surface area contributed by atoms with Crippen LogP contribution in [0, 0.1) is 5.92 Å². The lowest BCUT2D eigenvalue weighted by Crippen LogP contribution is -2.17. The quantitative estimate of drug-likeness (QED) is 0.571. The molecule has 3 N–H and O–H groups in total. The monoisotopic (exact) mass is 434 g/mol. The highest BCUT2D eigenvalue weighted by Crippen LogP contribution is 2.37. The molecule has 2 amide bonds. The Labute approximate surface area is 173 Å². The van der Waals surface area contributed by atoms with E-state index in [1.165, 1.54) is 28.2 Å². The van der Waals surface area contributed by atoms with Crippen molar-refractivity contribution in [2.24, 2.45) is 11.7 Å². The van der Waals surface area contributed by atoms with Gasteiger partial charge in [-0.2, -0.15) is 0 Å². The van der Waals surface area contributed by atoms with Gasteiger partial charge in [-0.15, -0.1) is 32.9 Å². The highest BCUT2D eigenvalue weighted by atomic mass is 32.2. The minimum atomic E-state index is -0.571. The summed E-state index contributed by atoms with van der Waals surface area (Å²) in [6, 6.07) is 3.73. The smallest absolute Gasteiger partial charge is 0.277 e. The number of nitrogens with zero attached hydrogens (tertiary/aromatic N) is 2. The summed E-state index contributed by atoms with van der Waals surface area (Å²) in [5.41, 5.74) is 6.97. The molecule has 1 aliphatic carbocycles. The molecule has 0 saturated carbocycles. The number of amides is 2. The lowest BCUT2D eigenvalue weighted by Gasteiger charge is -2.16. The second-order valence-corrected chi connectivity index (χ2v) is 9.62. The summed E-state index contributed by atoms with van der Waals surface area (Å²) < 4.78 is 5.72. The van der Waals surface area contributed by atoms with Crippen molar-refractivity contribution in [3.05, 3.63) is 33.5 Å². The van der Waals surface area contributed by atoms with Crippen LogP contribution in [0.5, 0.6) is 0 Å². The molecule has 0 fully saturated rings. The third-order valence-electron chi connectivity index (χ3n) is 4.46. The van der Waals surface area contributed by atoms with Gasteiger partial charge in [0.05, 0.1) is 16.2 Å². The number of nitrogens with one attached hydrogen (secondary N) is 1. The number of aryl methyl sites for hydroxylation is 1. The van der Waals surface area contributed by atoms with Crippen LogP contribution in [0.25, 0.3) is 10.8 Å². The first-order valence-electron chi connectivity index (χ1n) is 8.75. The fourth-order valence-electron chi connectivity index (χ4n) is 3.07. The number of fused-ring (bicyclic) bond motifs is 1. The Morgan fingerprint density at radius 2 is 2.29 bits per heavy atom. The molecule has 3 aromatic rings. The second-order valence-electron chi connectivity index (χ2n) is 6.64. The number of aromatic nitrogens is 2. The Balaban J connectivity index is 1.37. The second kappa shape index (κ2) is 8.06. The van der Waals surface area contributed by atoms with E-state index < -0.39 is 5.91 Å². The molecule has 0 radical (unpaired) electrons. The van der Waals surface area contributed by atoms with Gasteiger partial charge < -0.3 is 15.5 Å². The number of thiophene rings is 2. The lowest BCUT2D eigenvalue weighted by atomic mass is 9.90. The highest BCUT2D eigenvalue weighted by Gasteiger charge is 2.21. The molecule has 1 aliphatic rings. The van der Waals surface area contributed by atoms with E-state index in [1.54, 1.807) is 22.8 Å². The number of anilines is 1. The number of hydrogen-bond donors (Lipinski definition) is 2. The number of carbonyl (C=O) groups excluding carboxylic acids is 2. The molecule has 0 aromatic carbocycles. The fraction of sp³-hybridized carbons (Fsp3) is 0.333. The molecule has 7 nitrogen and oxygen atoms in total. The van der Waals surface area contributed by atoms with E-state index in [-0.39, 0.29) is 11.7 Å². The van der Waals surface area contributed by atoms with Crippen molar-refractivity contribution in [2.75, 3.05) is 11.1 Å². The van der Waals surface area contributed by atoms with Gasteiger partial charge in [-0.05, 0) is 48.3 Å². The van der Waals surface area contributed by atoms with Gasteiger partial charge in [0.2, 0.25) is 5.91 Å². The van der Waals surface area contributed by atoms with E-state index >= 15 is 0 Å². The van der Waals surface area contributed by atoms with Gasteiger partial charge in [0, 0.05) is 4.88 Å². The maximum Gasteiger partial charge on any atom is 0.277 e. The van der Waals surface area contributed by atoms with E-state index in [2.05, 4.69) is 28.5 Å². The van der Waals surface area contributed by atoms with E-state index in [9.17, 15) is 9.59 Å². The van der Waals surface area contributed by atoms with Crippen LogP contribution in [0.1, 0.15) is 34.1 Å². The van der Waals surface area contributed by atoms with Crippen LogP contribution in [0.15, 0.2) is 27.2 Å². The molecule has 146 valence electrons. The van der Waals surface area contributed by atoms with Crippen molar-refractivity contribution in [2.45, 2.75) is 31.4 Å². The predicted octanol–water partition coefficient (Wildman–Crippen LogP) is 3.81. The Kier molecular flexibility index (Phi) is 5.51. The van der Waals surface area contributed by atoms with Crippen molar-refractivity contribution in [1.29, 1.82) is 0 Å². The molecule has 1 atom stereocenters. The molecular formula is C18H18N4O3S3. The van der Waals surface area contributed by atoms with E-state index in [0.717, 1.165) is 29.5 Å². The number of thioether (sulfide) groups is 1. The van der Waals surface area contributed by atoms with Crippen LogP contribution < -0.4 is 11.1 Å². The van der Waals surface area contributed by atoms with Crippen LogP contribution >= 0.6 is 34.4 Å². The number of primary amides is 1. The fourth-order valence-corrected chi connectivity index (χ4v) is 5.57. The largest absolute Gasteiger partial charge is 0.410 e. The number of hydrogen-bond acceptors (Lipinski definition) is 8. The number of rotatable bonds is 6. The van der Waals surface area contributed by atoms with E-state index in [0.29, 0.717) is 27.6 Å². The summed E-state index contributed by atoms with van der Waals surface area (Å²) in [7, 11) is 0. The van der Waals surface area contributed by atoms with Gasteiger partial charge in [-0.25, -0.2) is 0 Å². The van der Waals surface area contributed by atoms with Crippen LogP contribution in [-0.4, -0.2) is 27.8 Å². The Hall–Kier alpha value is -2.17. The first-order valence-corrected chi connectivity index (χ1v) is 11.4. The van der Waals surface area contributed by atoms with Gasteiger partial charge in [-0.1, -0.05) is 18.7 Å². The summed E-state index contributed by atoms with van der Waals surface area (Å²) in [5, 5.41) is 13.3. The SMILES string of the molecule is C[C@H]1CCc2sc(-c3nnc(SCC(=O)Nc4sccc4C(N)=O)o3)cc2C1. The molecule has 0 bridgehead atoms. The molecule has 0 unspecified atom stereocenters. The Bertz CT molecular complexity index is 1020. The molecular weight excluding hydrogens is 416 g/mol. The Morgan fingerprint density at radius 3 is 3.11 bits per heavy atom. The zero-order chi connectivity index (χ0) is 19.7. The summed E-state index contributed by atoms with van der Waals surface area (Å²) in [6.45, 7) is 2.27. The lowest BCUT2D eigenvalue weighted by molar-refractivity contribution is -0.113. The summed E-state index contributed by atoms with van der Waals surface area (Å²) >= 11 is 4.11. The minimum absolute atomic E-state index is 0.0934. The van der Waals surface area contributed by atoms with Crippen LogP contribution in [0.2, 0.25) is 0 Å². The van der Waals surface area contributed by atoms with Crippen molar-refractivity contribution in [3.8, 4) is 10.8 Å². The number of nitrogens with two attached hydrogens (primary N) is 1. The molecule has 3 heterocycles. The topological polar surface area (TPSA) is 111 Å². The molecule has 0 aliphatic heterocycles. The standard InChI is InChI=1S/C18H18N4O3S3/c1-9-2-3-12-10(6-9)7-13(28-12)16-21-22-18(25-16)27-8-14(23)20-17-11(15(19)24)4-5-26-17/h4-5,7,9H,2-3,6,8H2,1H3,(H2,19,24)(H,20,23)/t9-/m0/s1. The first-order chi connectivity index (χ1) is 13.5. The molecule has 0 saturated heterocycles. The van der Waals surface area contributed by atoms with Gasteiger partial charge in [-0.3, -0.25) is 9.59 Å². The maximum atomic E-state index is 12.1. The third kappa shape index (κ3) is 4.13. The van der Waals surface area contributed by atoms with E-state index in [1.807, 2.05) is 0 Å². The van der Waals surface area contributed by atoms with Crippen LogP contribution in [-0.2, 0) is 17.6 Å². The zero-order valence-electron chi connectivity index (χ0n) is 15.1. The third-order valence-corrected chi connectivity index (χ3v) is 7.33. The average molecular weight is 435 g/mol. The van der Waals surface area contributed by atoms with Crippen molar-refractivity contribution in [3.63, 3.8) is 0 Å². The van der Waals surface area contributed by atoms with Crippen LogP contribution in [0.3, 0.4) is 0 Å². The normalized spacial score (nSPS) is 16.0. The molecule has 10 heteroatoms. The van der Waals surface area contributed by atoms with E-state index in [4.69, 9.17) is 10.2 Å². The summed E-state index contributed by atoms with van der Waals surface area (Å²) in [4.78, 5) is 25.8. The van der Waals surface area contributed by atoms with Crippen LogP contribution in [0.4, 0.5) is 5.00 Å². The molecule has 3 aromatic heterocycles. The molecule has 0 spiro atoms. The summed E-state index contributed by atoms with van der Waals surface area (Å²) in [5.74, 6) is 0.454. The maximum absolute atomic E-state index is 12.1. The van der Waals surface area contributed by atoms with Gasteiger partial charge >= 0.3 is 0 Å². The zero-order valence-corrected chi connectivity index (χ0v) is 17.5. The summed E-state index contributed by atoms with van der Waals surface area (Å²) in [6.07, 6.45) is 3.42. The predicted molar refractivity (Wildman–Crippen MR) is 111 cm³/mol. The highest BCUT2D eigenvalue weighted by molar-refractivity contribution is 7.99. The number of carbonyl (C=O) groups is 2. The van der Waals surface area contributed by atoms with Crippen molar-refractivity contribution < 1.29 is 14.0 Å². The molecule has 4 rings (SSSR count). The Morgan fingerprint density at radius 1 is 1.43 bits per heavy atom. The van der Waals surface area contributed by atoms with Crippen molar-refractivity contribution >= 4 is 51.3 Å².